The summed E-state index contributed by atoms with van der Waals surface area (Å²) in [4.78, 5) is 26.5. The zero-order chi connectivity index (χ0) is 72.6. The first-order chi connectivity index (χ1) is 48.4. The van der Waals surface area contributed by atoms with Crippen LogP contribution in [-0.4, -0.2) is 118 Å². The number of nitrogens with zero attached hydrogens (tertiary/aromatic N) is 4. The van der Waals surface area contributed by atoms with Gasteiger partial charge in [-0.25, -0.2) is 25.6 Å². The van der Waals surface area contributed by atoms with E-state index in [4.69, 9.17) is 27.6 Å². The minimum Gasteiger partial charge on any atom is -0.490 e. The maximum atomic E-state index is 13.8. The Bertz CT molecular complexity index is 5520. The predicted octanol–water partition coefficient (Wildman–Crippen LogP) is 15.6. The number of rotatable bonds is 12. The maximum Gasteiger partial charge on any atom is 0.497 e. The summed E-state index contributed by atoms with van der Waals surface area (Å²) in [5.41, 5.74) is 9.33. The molecule has 102 heavy (non-hydrogen) atoms. The highest BCUT2D eigenvalue weighted by atomic mass is 79.9. The van der Waals surface area contributed by atoms with Crippen LogP contribution in [-0.2, 0) is 42.4 Å². The fraction of sp³-hybridized carbons (Fsp3) is 0.256. The number of benzene rings is 8. The summed E-state index contributed by atoms with van der Waals surface area (Å²) in [7, 11) is -5.32. The number of carbonyl (C=O) groups is 2. The summed E-state index contributed by atoms with van der Waals surface area (Å²) >= 11 is 3.53. The van der Waals surface area contributed by atoms with Crippen molar-refractivity contribution in [3.05, 3.63) is 197 Å². The van der Waals surface area contributed by atoms with E-state index in [2.05, 4.69) is 55.4 Å². The molecule has 8 aromatic carbocycles. The van der Waals surface area contributed by atoms with Crippen LogP contribution in [0.1, 0.15) is 75.1 Å². The normalized spacial score (nSPS) is 16.2. The van der Waals surface area contributed by atoms with Gasteiger partial charge in [0.15, 0.2) is 11.6 Å². The number of aliphatic hydroxyl groups is 2. The standard InChI is InChI=1S/C36H31FN2O6S.C25H29BFNO6S.C17H14BrNO2/c1-4-32(41)35-28-17-26(30(38(2)46(3,42)43)18-34(28)45-36(35)21-9-12-24(37)13-10-21)22-11-14-33-27(15-22)31-16-23-7-5-6-8-29(23)39(31)19-25(40)20-44-33;1-8-20(29)22-17-13-18(26-33-24(2,3)25(4,5)34-26)19(28(6)35(7,30)31)14-21(17)32-23(22)15-9-11-16(27)12-10-15;18-12-5-6-17-14(8-12)16-7-11-3-1-2-4-15(11)19(16)9-13(20)10-21-17/h5-18,25,40H,4,19-20H2,1-3H3;9-14H,8H2,1-7H3;1-8,13,20H,9-10H2. The molecule has 0 aliphatic carbocycles. The van der Waals surface area contributed by atoms with Crippen molar-refractivity contribution in [3.8, 4) is 67.8 Å². The van der Waals surface area contributed by atoms with Crippen LogP contribution in [0.25, 0.3) is 100 Å². The quantitative estimate of drug-likeness (QED) is 0.0858. The van der Waals surface area contributed by atoms with Crippen molar-refractivity contribution in [3.63, 3.8) is 0 Å². The number of halogens is 3. The van der Waals surface area contributed by atoms with Crippen molar-refractivity contribution in [1.82, 2.24) is 9.13 Å². The lowest BCUT2D eigenvalue weighted by Gasteiger charge is -2.32. The second-order valence-corrected chi connectivity index (χ2v) is 31.6. The lowest BCUT2D eigenvalue weighted by Crippen LogP contribution is -2.41. The van der Waals surface area contributed by atoms with Crippen molar-refractivity contribution in [1.29, 1.82) is 0 Å². The average molecular weight is 1480 g/mol. The van der Waals surface area contributed by atoms with E-state index in [0.29, 0.717) is 109 Å². The van der Waals surface area contributed by atoms with Gasteiger partial charge in [0.05, 0.1) is 70.7 Å². The molecule has 18 nitrogen and oxygen atoms in total. The Morgan fingerprint density at radius 1 is 0.549 bits per heavy atom. The zero-order valence-corrected chi connectivity index (χ0v) is 60.9. The van der Waals surface area contributed by atoms with E-state index in [0.717, 1.165) is 66.0 Å². The molecule has 7 heterocycles. The number of anilines is 2. The molecule has 1 fully saturated rings. The van der Waals surface area contributed by atoms with Gasteiger partial charge in [0, 0.05) is 109 Å². The predicted molar refractivity (Wildman–Crippen MR) is 399 cm³/mol. The van der Waals surface area contributed by atoms with Crippen molar-refractivity contribution in [2.45, 2.75) is 90.9 Å². The first-order valence-corrected chi connectivity index (χ1v) is 37.7. The lowest BCUT2D eigenvalue weighted by atomic mass is 9.76. The second-order valence-electron chi connectivity index (χ2n) is 26.7. The summed E-state index contributed by atoms with van der Waals surface area (Å²) < 4.78 is 122. The Morgan fingerprint density at radius 2 is 0.971 bits per heavy atom. The number of furan rings is 2. The number of fused-ring (bicyclic) bond motifs is 12. The lowest BCUT2D eigenvalue weighted by molar-refractivity contribution is 0.00578. The van der Waals surface area contributed by atoms with Crippen LogP contribution in [0.2, 0.25) is 0 Å². The molecule has 0 bridgehead atoms. The van der Waals surface area contributed by atoms with E-state index < -0.39 is 62.2 Å². The van der Waals surface area contributed by atoms with E-state index in [9.17, 15) is 45.4 Å². The van der Waals surface area contributed by atoms with E-state index >= 15 is 0 Å². The minimum atomic E-state index is -3.71. The number of hydrogen-bond acceptors (Lipinski definition) is 14. The van der Waals surface area contributed by atoms with Gasteiger partial charge >= 0.3 is 7.12 Å². The first-order valence-electron chi connectivity index (χ1n) is 33.2. The van der Waals surface area contributed by atoms with Gasteiger partial charge in [0.25, 0.3) is 0 Å². The highest BCUT2D eigenvalue weighted by molar-refractivity contribution is 9.10. The molecule has 24 heteroatoms. The Balaban J connectivity index is 0.000000146. The third-order valence-electron chi connectivity index (χ3n) is 19.3. The summed E-state index contributed by atoms with van der Waals surface area (Å²) in [6.07, 6.45) is 1.41. The highest BCUT2D eigenvalue weighted by Gasteiger charge is 2.53. The Kier molecular flexibility index (Phi) is 19.1. The number of ether oxygens (including phenoxy) is 2. The van der Waals surface area contributed by atoms with Crippen LogP contribution in [0.4, 0.5) is 20.2 Å². The molecular weight excluding hydrogens is 1410 g/mol. The van der Waals surface area contributed by atoms with E-state index in [1.54, 1.807) is 50.2 Å². The minimum absolute atomic E-state index is 0.107. The van der Waals surface area contributed by atoms with E-state index in [-0.39, 0.29) is 31.0 Å². The summed E-state index contributed by atoms with van der Waals surface area (Å²) in [6.45, 7) is 12.4. The third-order valence-corrected chi connectivity index (χ3v) is 22.2. The molecule has 3 aliphatic heterocycles. The molecule has 12 aromatic rings. The molecule has 2 unspecified atom stereocenters. The Labute approximate surface area is 598 Å². The van der Waals surface area contributed by atoms with Crippen LogP contribution in [0.5, 0.6) is 11.5 Å². The molecule has 2 atom stereocenters. The van der Waals surface area contributed by atoms with Crippen LogP contribution < -0.4 is 23.5 Å². The van der Waals surface area contributed by atoms with Gasteiger partial charge in [-0.15, -0.1) is 0 Å². The fourth-order valence-electron chi connectivity index (χ4n) is 13.1. The van der Waals surface area contributed by atoms with Gasteiger partial charge in [0.2, 0.25) is 20.0 Å². The molecule has 4 aromatic heterocycles. The van der Waals surface area contributed by atoms with Crippen molar-refractivity contribution < 1.29 is 73.0 Å². The number of aliphatic hydroxyl groups excluding tert-OH is 2. The van der Waals surface area contributed by atoms with Gasteiger partial charge < -0.3 is 47.0 Å². The summed E-state index contributed by atoms with van der Waals surface area (Å²) in [5, 5.41) is 24.1. The van der Waals surface area contributed by atoms with Crippen LogP contribution >= 0.6 is 15.9 Å². The van der Waals surface area contributed by atoms with Crippen LogP contribution in [0.15, 0.2) is 183 Å². The van der Waals surface area contributed by atoms with Crippen LogP contribution in [0.3, 0.4) is 0 Å². The second kappa shape index (κ2) is 27.4. The third kappa shape index (κ3) is 13.6. The molecule has 0 spiro atoms. The molecule has 2 N–H and O–H groups in total. The molecule has 3 aliphatic rings. The van der Waals surface area contributed by atoms with Crippen molar-refractivity contribution in [2.24, 2.45) is 0 Å². The largest absolute Gasteiger partial charge is 0.497 e. The molecule has 0 radical (unpaired) electrons. The van der Waals surface area contributed by atoms with Gasteiger partial charge in [0.1, 0.15) is 71.2 Å². The highest BCUT2D eigenvalue weighted by Crippen LogP contribution is 2.47. The summed E-state index contributed by atoms with van der Waals surface area (Å²) in [5.74, 6) is 0.824. The molecule has 526 valence electrons. The van der Waals surface area contributed by atoms with Gasteiger partial charge in [-0.3, -0.25) is 18.2 Å². The number of carbonyl (C=O) groups excluding carboxylic acids is 2. The fourth-order valence-corrected chi connectivity index (χ4v) is 14.5. The SMILES string of the molecule is CCC(=O)c1c(-c2ccc(F)cc2)oc2cc(N(C)S(C)(=O)=O)c(-c3ccc4c(c3)-c3cc5ccccc5n3CC(O)CO4)cc12.CCC(=O)c1c(-c2ccc(F)cc2)oc2cc(N(C)S(C)(=O)=O)c(B3OC(C)(C)C(C)(C)O3)cc12.OC1COc2ccc(Br)cc2-c2cc3ccccc3n2C1. The number of para-hydroxylation sites is 2. The molecule has 1 saturated heterocycles. The number of hydrogen-bond donors (Lipinski definition) is 2. The Morgan fingerprint density at radius 3 is 1.44 bits per heavy atom. The van der Waals surface area contributed by atoms with Gasteiger partial charge in [-0.05, 0) is 149 Å². The number of ketones is 2. The maximum absolute atomic E-state index is 13.8. The van der Waals surface area contributed by atoms with Crippen LogP contribution in [0, 0.1) is 11.6 Å². The monoisotopic (exact) mass is 1480 g/mol. The smallest absolute Gasteiger partial charge is 0.490 e. The van der Waals surface area contributed by atoms with Crippen molar-refractivity contribution >= 4 is 115 Å². The number of Topliss-reactive ketones (excluding diaryl/α,β-unsaturated/α-hetero) is 2. The number of aromatic nitrogens is 2. The topological polar surface area (TPSA) is 222 Å². The average Bonchev–Trinajstić information content (AvgIpc) is 1.58. The van der Waals surface area contributed by atoms with Crippen molar-refractivity contribution in [2.75, 3.05) is 48.4 Å². The number of sulfonamides is 2. The molecule has 0 saturated carbocycles. The Hall–Kier alpha value is -9.40. The van der Waals surface area contributed by atoms with E-state index in [1.807, 2.05) is 94.4 Å². The first kappa shape index (κ1) is 71.0. The molecule has 15 rings (SSSR count). The van der Waals surface area contributed by atoms with E-state index in [1.165, 1.54) is 60.2 Å². The zero-order valence-electron chi connectivity index (χ0n) is 57.7. The van der Waals surface area contributed by atoms with Gasteiger partial charge in [-0.2, -0.15) is 0 Å². The summed E-state index contributed by atoms with van der Waals surface area (Å²) in [6, 6.07) is 50.0. The molecule has 0 amide bonds. The molecular formula is C78H74BBrF2N4O14S2. The van der Waals surface area contributed by atoms with Gasteiger partial charge in [-0.1, -0.05) is 72.2 Å².